The highest BCUT2D eigenvalue weighted by Crippen LogP contribution is 2.32. The van der Waals surface area contributed by atoms with Crippen molar-refractivity contribution in [2.45, 2.75) is 45.3 Å². The molecule has 22 heavy (non-hydrogen) atoms. The third kappa shape index (κ3) is 6.41. The molecule has 0 unspecified atom stereocenters. The van der Waals surface area contributed by atoms with E-state index < -0.39 is 17.2 Å². The molecule has 0 radical (unpaired) electrons. The summed E-state index contributed by atoms with van der Waals surface area (Å²) in [5.74, 6) is 0.296. The molecule has 0 fully saturated rings. The summed E-state index contributed by atoms with van der Waals surface area (Å²) in [6.45, 7) is 7.85. The predicted molar refractivity (Wildman–Crippen MR) is 94.6 cm³/mol. The molecule has 0 bridgehead atoms. The maximum Gasteiger partial charge on any atom is 0.416 e. The lowest BCUT2D eigenvalue weighted by Gasteiger charge is -2.24. The molecule has 1 rings (SSSR count). The summed E-state index contributed by atoms with van der Waals surface area (Å²) in [7, 11) is 0. The first kappa shape index (κ1) is 21.0. The van der Waals surface area contributed by atoms with Crippen molar-refractivity contribution >= 4 is 29.9 Å². The van der Waals surface area contributed by atoms with E-state index in [1.807, 2.05) is 27.7 Å². The first-order valence-electron chi connectivity index (χ1n) is 6.76. The lowest BCUT2D eigenvalue weighted by atomic mass is 9.84. The average Bonchev–Trinajstić information content (AvgIpc) is 2.35. The zero-order chi connectivity index (χ0) is 16.3. The van der Waals surface area contributed by atoms with Crippen LogP contribution in [0.25, 0.3) is 0 Å². The summed E-state index contributed by atoms with van der Waals surface area (Å²) in [5, 5.41) is 2.95. The molecule has 0 heterocycles. The van der Waals surface area contributed by atoms with E-state index in [1.54, 1.807) is 6.07 Å². The molecular formula is C15H23F3IN3. The number of guanidine groups is 1. The van der Waals surface area contributed by atoms with Gasteiger partial charge in [-0.1, -0.05) is 32.0 Å². The molecule has 0 saturated heterocycles. The highest BCUT2D eigenvalue weighted by Gasteiger charge is 2.32. The van der Waals surface area contributed by atoms with Crippen molar-refractivity contribution in [2.75, 3.05) is 6.54 Å². The zero-order valence-electron chi connectivity index (χ0n) is 13.2. The van der Waals surface area contributed by atoms with Crippen molar-refractivity contribution in [1.82, 2.24) is 5.32 Å². The van der Waals surface area contributed by atoms with E-state index >= 15 is 0 Å². The van der Waals surface area contributed by atoms with Crippen LogP contribution in [0.15, 0.2) is 29.3 Å². The number of halogens is 4. The lowest BCUT2D eigenvalue weighted by Crippen LogP contribution is -2.38. The van der Waals surface area contributed by atoms with Crippen LogP contribution in [0.4, 0.5) is 13.2 Å². The summed E-state index contributed by atoms with van der Waals surface area (Å²) < 4.78 is 38.3. The van der Waals surface area contributed by atoms with Gasteiger partial charge < -0.3 is 11.1 Å². The Balaban J connectivity index is 0.00000441. The third-order valence-corrected chi connectivity index (χ3v) is 3.05. The molecule has 0 aliphatic heterocycles. The Morgan fingerprint density at radius 1 is 1.23 bits per heavy atom. The molecule has 0 saturated carbocycles. The van der Waals surface area contributed by atoms with E-state index in [9.17, 15) is 13.2 Å². The number of rotatable bonds is 4. The minimum Gasteiger partial charge on any atom is -0.370 e. The topological polar surface area (TPSA) is 50.4 Å². The Morgan fingerprint density at radius 2 is 1.77 bits per heavy atom. The maximum atomic E-state index is 12.8. The first-order valence-corrected chi connectivity index (χ1v) is 6.76. The molecule has 0 amide bonds. The zero-order valence-corrected chi connectivity index (χ0v) is 15.5. The van der Waals surface area contributed by atoms with Gasteiger partial charge in [0.1, 0.15) is 0 Å². The van der Waals surface area contributed by atoms with Crippen molar-refractivity contribution in [2.24, 2.45) is 10.7 Å². The van der Waals surface area contributed by atoms with Crippen LogP contribution in [0.2, 0.25) is 0 Å². The summed E-state index contributed by atoms with van der Waals surface area (Å²) in [5.41, 5.74) is 5.11. The normalized spacial score (nSPS) is 13.0. The molecule has 126 valence electrons. The van der Waals surface area contributed by atoms with E-state index in [1.165, 1.54) is 12.1 Å². The number of nitrogens with two attached hydrogens (primary N) is 1. The van der Waals surface area contributed by atoms with Gasteiger partial charge in [-0.15, -0.1) is 24.0 Å². The number of benzene rings is 1. The van der Waals surface area contributed by atoms with Crippen LogP contribution < -0.4 is 11.1 Å². The molecule has 0 aliphatic rings. The number of nitrogens with one attached hydrogen (secondary N) is 1. The SMILES string of the molecule is CC(C)NC(N)=NCC(C)(C)c1cccc(C(F)(F)F)c1.I. The highest BCUT2D eigenvalue weighted by molar-refractivity contribution is 14.0. The van der Waals surface area contributed by atoms with Gasteiger partial charge in [-0.3, -0.25) is 4.99 Å². The molecule has 3 nitrogen and oxygen atoms in total. The molecule has 1 aromatic rings. The molecule has 0 aromatic heterocycles. The van der Waals surface area contributed by atoms with Gasteiger partial charge in [-0.05, 0) is 25.5 Å². The van der Waals surface area contributed by atoms with Crippen LogP contribution in [0, 0.1) is 0 Å². The second kappa shape index (κ2) is 8.03. The molecule has 0 aliphatic carbocycles. The fourth-order valence-corrected chi connectivity index (χ4v) is 1.83. The van der Waals surface area contributed by atoms with Gasteiger partial charge in [0.2, 0.25) is 0 Å². The van der Waals surface area contributed by atoms with E-state index in [-0.39, 0.29) is 30.0 Å². The first-order chi connectivity index (χ1) is 9.52. The molecule has 7 heteroatoms. The Morgan fingerprint density at radius 3 is 2.27 bits per heavy atom. The van der Waals surface area contributed by atoms with Gasteiger partial charge in [0.25, 0.3) is 0 Å². The van der Waals surface area contributed by atoms with Crippen molar-refractivity contribution in [1.29, 1.82) is 0 Å². The number of alkyl halides is 3. The molecular weight excluding hydrogens is 406 g/mol. The standard InChI is InChI=1S/C15H22F3N3.HI/c1-10(2)21-13(19)20-9-14(3,4)11-6-5-7-12(8-11)15(16,17)18;/h5-8,10H,9H2,1-4H3,(H3,19,20,21);1H. The van der Waals surface area contributed by atoms with Crippen LogP contribution in [-0.4, -0.2) is 18.5 Å². The number of nitrogens with zero attached hydrogens (tertiary/aromatic N) is 1. The minimum atomic E-state index is -4.34. The minimum absolute atomic E-state index is 0. The van der Waals surface area contributed by atoms with Crippen LogP contribution in [0.5, 0.6) is 0 Å². The van der Waals surface area contributed by atoms with Gasteiger partial charge in [-0.2, -0.15) is 13.2 Å². The van der Waals surface area contributed by atoms with E-state index in [0.717, 1.165) is 6.07 Å². The highest BCUT2D eigenvalue weighted by atomic mass is 127. The van der Waals surface area contributed by atoms with E-state index in [4.69, 9.17) is 5.73 Å². The van der Waals surface area contributed by atoms with Crippen LogP contribution >= 0.6 is 24.0 Å². The Labute approximate surface area is 146 Å². The maximum absolute atomic E-state index is 12.8. The smallest absolute Gasteiger partial charge is 0.370 e. The summed E-state index contributed by atoms with van der Waals surface area (Å²) in [4.78, 5) is 4.21. The third-order valence-electron chi connectivity index (χ3n) is 3.05. The van der Waals surface area contributed by atoms with Gasteiger partial charge in [0, 0.05) is 11.5 Å². The second-order valence-corrected chi connectivity index (χ2v) is 5.96. The molecule has 0 spiro atoms. The van der Waals surface area contributed by atoms with Crippen molar-refractivity contribution in [3.63, 3.8) is 0 Å². The van der Waals surface area contributed by atoms with Crippen LogP contribution in [0.1, 0.15) is 38.8 Å². The van der Waals surface area contributed by atoms with E-state index in [0.29, 0.717) is 18.1 Å². The predicted octanol–water partition coefficient (Wildman–Crippen LogP) is 3.91. The largest absolute Gasteiger partial charge is 0.416 e. The van der Waals surface area contributed by atoms with Gasteiger partial charge in [-0.25, -0.2) is 0 Å². The van der Waals surface area contributed by atoms with Gasteiger partial charge >= 0.3 is 6.18 Å². The molecule has 3 N–H and O–H groups in total. The van der Waals surface area contributed by atoms with Crippen LogP contribution in [-0.2, 0) is 11.6 Å². The summed E-state index contributed by atoms with van der Waals surface area (Å²) in [6.07, 6.45) is -4.34. The van der Waals surface area contributed by atoms with Crippen LogP contribution in [0.3, 0.4) is 0 Å². The van der Waals surface area contributed by atoms with E-state index in [2.05, 4.69) is 10.3 Å². The second-order valence-electron chi connectivity index (χ2n) is 5.96. The Hall–Kier alpha value is -0.990. The monoisotopic (exact) mass is 429 g/mol. The number of aliphatic imine (C=N–C) groups is 1. The molecule has 1 aromatic carbocycles. The molecule has 0 atom stereocenters. The fourth-order valence-electron chi connectivity index (χ4n) is 1.83. The van der Waals surface area contributed by atoms with Crippen molar-refractivity contribution < 1.29 is 13.2 Å². The lowest BCUT2D eigenvalue weighted by molar-refractivity contribution is -0.137. The summed E-state index contributed by atoms with van der Waals surface area (Å²) >= 11 is 0. The quantitative estimate of drug-likeness (QED) is 0.433. The fraction of sp³-hybridized carbons (Fsp3) is 0.533. The average molecular weight is 429 g/mol. The van der Waals surface area contributed by atoms with Crippen molar-refractivity contribution in [3.8, 4) is 0 Å². The Bertz CT molecular complexity index is 511. The van der Waals surface area contributed by atoms with Crippen molar-refractivity contribution in [3.05, 3.63) is 35.4 Å². The summed E-state index contributed by atoms with van der Waals surface area (Å²) in [6, 6.07) is 5.49. The number of hydrogen-bond acceptors (Lipinski definition) is 1. The Kier molecular flexibility index (Phi) is 7.67. The van der Waals surface area contributed by atoms with Gasteiger partial charge in [0.15, 0.2) is 5.96 Å². The van der Waals surface area contributed by atoms with Gasteiger partial charge in [0.05, 0.1) is 12.1 Å². The number of hydrogen-bond donors (Lipinski definition) is 2.